The third-order valence-electron chi connectivity index (χ3n) is 3.39. The van der Waals surface area contributed by atoms with Crippen molar-refractivity contribution in [3.63, 3.8) is 0 Å². The highest BCUT2D eigenvalue weighted by Gasteiger charge is 2.38. The minimum absolute atomic E-state index is 0.267. The number of hydrogen-bond donors (Lipinski definition) is 0. The van der Waals surface area contributed by atoms with Crippen LogP contribution in [0.5, 0.6) is 0 Å². The highest BCUT2D eigenvalue weighted by Crippen LogP contribution is 2.34. The zero-order valence-corrected chi connectivity index (χ0v) is 12.1. The number of thiophene rings is 1. The number of nitrogens with zero attached hydrogens (tertiary/aromatic N) is 2. The van der Waals surface area contributed by atoms with Gasteiger partial charge >= 0.3 is 0 Å². The summed E-state index contributed by atoms with van der Waals surface area (Å²) in [5.74, 6) is 0.267. The van der Waals surface area contributed by atoms with Crippen molar-refractivity contribution >= 4 is 21.4 Å². The van der Waals surface area contributed by atoms with Gasteiger partial charge in [0.05, 0.1) is 0 Å². The molecule has 1 aliphatic rings. The molecule has 19 heavy (non-hydrogen) atoms. The van der Waals surface area contributed by atoms with E-state index >= 15 is 0 Å². The Labute approximate surface area is 116 Å². The van der Waals surface area contributed by atoms with Crippen LogP contribution in [0.1, 0.15) is 17.0 Å². The molecule has 0 saturated carbocycles. The minimum atomic E-state index is -3.30. The quantitative estimate of drug-likeness (QED) is 0.872. The van der Waals surface area contributed by atoms with E-state index < -0.39 is 10.0 Å². The summed E-state index contributed by atoms with van der Waals surface area (Å²) in [6.45, 7) is 2.93. The first-order chi connectivity index (χ1) is 9.09. The first-order valence-corrected chi connectivity index (χ1v) is 8.35. The molecule has 0 spiro atoms. The lowest BCUT2D eigenvalue weighted by atomic mass is 9.95. The average Bonchev–Trinajstić information content (AvgIpc) is 2.75. The molecule has 3 heterocycles. The number of sulfonamides is 1. The second-order valence-electron chi connectivity index (χ2n) is 4.70. The maximum Gasteiger partial charge on any atom is 0.252 e. The van der Waals surface area contributed by atoms with Gasteiger partial charge < -0.3 is 0 Å². The Morgan fingerprint density at radius 1 is 1.37 bits per heavy atom. The average molecular weight is 294 g/mol. The Bertz CT molecular complexity index is 674. The van der Waals surface area contributed by atoms with Crippen molar-refractivity contribution in [3.05, 3.63) is 47.1 Å². The fourth-order valence-corrected chi connectivity index (χ4v) is 5.28. The molecule has 4 nitrogen and oxygen atoms in total. The number of rotatable bonds is 3. The molecule has 0 aliphatic carbocycles. The summed E-state index contributed by atoms with van der Waals surface area (Å²) in [7, 11) is -3.30. The van der Waals surface area contributed by atoms with E-state index in [1.54, 1.807) is 10.5 Å². The molecule has 0 bridgehead atoms. The summed E-state index contributed by atoms with van der Waals surface area (Å²) in [5.41, 5.74) is 1.94. The van der Waals surface area contributed by atoms with Crippen LogP contribution in [0.4, 0.5) is 0 Å². The molecular weight excluding hydrogens is 280 g/mol. The van der Waals surface area contributed by atoms with E-state index in [9.17, 15) is 8.42 Å². The largest absolute Gasteiger partial charge is 0.264 e. The number of pyridine rings is 1. The fourth-order valence-electron chi connectivity index (χ4n) is 2.20. The second kappa shape index (κ2) is 4.70. The normalized spacial score (nSPS) is 17.3. The lowest BCUT2D eigenvalue weighted by Gasteiger charge is -2.37. The van der Waals surface area contributed by atoms with Crippen molar-refractivity contribution in [3.8, 4) is 0 Å². The SMILES string of the molecule is Cc1ccsc1S(=O)(=O)N1CC(c2cccnc2)C1. The molecule has 2 aromatic rings. The molecule has 0 amide bonds. The van der Waals surface area contributed by atoms with Gasteiger partial charge in [-0.2, -0.15) is 4.31 Å². The predicted octanol–water partition coefficient (Wildman–Crippen LogP) is 2.24. The zero-order valence-electron chi connectivity index (χ0n) is 10.5. The molecule has 1 fully saturated rings. The van der Waals surface area contributed by atoms with Crippen LogP contribution >= 0.6 is 11.3 Å². The van der Waals surface area contributed by atoms with Gasteiger partial charge in [-0.25, -0.2) is 8.42 Å². The van der Waals surface area contributed by atoms with Crippen LogP contribution in [0.2, 0.25) is 0 Å². The lowest BCUT2D eigenvalue weighted by Crippen LogP contribution is -2.48. The lowest BCUT2D eigenvalue weighted by molar-refractivity contribution is 0.264. The molecular formula is C13H14N2O2S2. The summed E-state index contributed by atoms with van der Waals surface area (Å²) in [5, 5.41) is 1.82. The molecule has 1 aliphatic heterocycles. The summed E-state index contributed by atoms with van der Waals surface area (Å²) in [4.78, 5) is 4.07. The van der Waals surface area contributed by atoms with E-state index in [2.05, 4.69) is 4.98 Å². The summed E-state index contributed by atoms with van der Waals surface area (Å²) in [6.07, 6.45) is 3.54. The highest BCUT2D eigenvalue weighted by atomic mass is 32.2. The van der Waals surface area contributed by atoms with Crippen LogP contribution < -0.4 is 0 Å². The van der Waals surface area contributed by atoms with Crippen molar-refractivity contribution in [2.75, 3.05) is 13.1 Å². The molecule has 100 valence electrons. The maximum absolute atomic E-state index is 12.4. The van der Waals surface area contributed by atoms with Crippen molar-refractivity contribution in [1.29, 1.82) is 0 Å². The van der Waals surface area contributed by atoms with Gasteiger partial charge in [-0.3, -0.25) is 4.98 Å². The van der Waals surface area contributed by atoms with Gasteiger partial charge in [0.1, 0.15) is 4.21 Å². The maximum atomic E-state index is 12.4. The van der Waals surface area contributed by atoms with Gasteiger partial charge in [-0.15, -0.1) is 11.3 Å². The summed E-state index contributed by atoms with van der Waals surface area (Å²) in [6, 6.07) is 5.73. The van der Waals surface area contributed by atoms with Crippen LogP contribution in [0, 0.1) is 6.92 Å². The van der Waals surface area contributed by atoms with Crippen molar-refractivity contribution < 1.29 is 8.42 Å². The minimum Gasteiger partial charge on any atom is -0.264 e. The first kappa shape index (κ1) is 12.8. The van der Waals surface area contributed by atoms with Gasteiger partial charge in [0.2, 0.25) is 0 Å². The van der Waals surface area contributed by atoms with E-state index in [1.165, 1.54) is 11.3 Å². The van der Waals surface area contributed by atoms with Crippen LogP contribution in [0.3, 0.4) is 0 Å². The van der Waals surface area contributed by atoms with E-state index in [0.717, 1.165) is 11.1 Å². The molecule has 0 N–H and O–H groups in total. The van der Waals surface area contributed by atoms with Crippen LogP contribution in [0.25, 0.3) is 0 Å². The zero-order chi connectivity index (χ0) is 13.5. The summed E-state index contributed by atoms with van der Waals surface area (Å²) >= 11 is 1.29. The van der Waals surface area contributed by atoms with Crippen molar-refractivity contribution in [2.45, 2.75) is 17.1 Å². The molecule has 0 aromatic carbocycles. The van der Waals surface area contributed by atoms with Crippen molar-refractivity contribution in [2.24, 2.45) is 0 Å². The van der Waals surface area contributed by atoms with Gasteiger partial charge in [0, 0.05) is 31.4 Å². The standard InChI is InChI=1S/C13H14N2O2S2/c1-10-4-6-18-13(10)19(16,17)15-8-12(9-15)11-3-2-5-14-7-11/h2-7,12H,8-9H2,1H3. The van der Waals surface area contributed by atoms with E-state index in [0.29, 0.717) is 17.3 Å². The topological polar surface area (TPSA) is 50.3 Å². The van der Waals surface area contributed by atoms with Gasteiger partial charge in [-0.05, 0) is 35.6 Å². The van der Waals surface area contributed by atoms with Gasteiger partial charge in [-0.1, -0.05) is 6.07 Å². The Morgan fingerprint density at radius 2 is 2.16 bits per heavy atom. The smallest absolute Gasteiger partial charge is 0.252 e. The van der Waals surface area contributed by atoms with Crippen LogP contribution in [-0.4, -0.2) is 30.8 Å². The van der Waals surface area contributed by atoms with E-state index in [-0.39, 0.29) is 5.92 Å². The number of aryl methyl sites for hydroxylation is 1. The molecule has 0 unspecified atom stereocenters. The van der Waals surface area contributed by atoms with Crippen molar-refractivity contribution in [1.82, 2.24) is 9.29 Å². The molecule has 3 rings (SSSR count). The van der Waals surface area contributed by atoms with Crippen LogP contribution in [-0.2, 0) is 10.0 Å². The molecule has 0 radical (unpaired) electrons. The molecule has 2 aromatic heterocycles. The van der Waals surface area contributed by atoms with Gasteiger partial charge in [0.15, 0.2) is 0 Å². The Kier molecular flexibility index (Phi) is 3.16. The van der Waals surface area contributed by atoms with E-state index in [4.69, 9.17) is 0 Å². The first-order valence-electron chi connectivity index (χ1n) is 6.03. The van der Waals surface area contributed by atoms with Gasteiger partial charge in [0.25, 0.3) is 10.0 Å². The third-order valence-corrected chi connectivity index (χ3v) is 6.89. The Hall–Kier alpha value is -1.24. The predicted molar refractivity (Wildman–Crippen MR) is 74.8 cm³/mol. The molecule has 0 atom stereocenters. The highest BCUT2D eigenvalue weighted by molar-refractivity contribution is 7.91. The third kappa shape index (κ3) is 2.20. The molecule has 1 saturated heterocycles. The fraction of sp³-hybridized carbons (Fsp3) is 0.308. The number of aromatic nitrogens is 1. The number of hydrogen-bond acceptors (Lipinski definition) is 4. The Balaban J connectivity index is 1.76. The van der Waals surface area contributed by atoms with E-state index in [1.807, 2.05) is 36.7 Å². The monoisotopic (exact) mass is 294 g/mol. The Morgan fingerprint density at radius 3 is 2.74 bits per heavy atom. The summed E-state index contributed by atoms with van der Waals surface area (Å²) < 4.78 is 26.8. The van der Waals surface area contributed by atoms with Crippen LogP contribution in [0.15, 0.2) is 40.2 Å². The second-order valence-corrected chi connectivity index (χ2v) is 7.75. The molecule has 6 heteroatoms.